The predicted molar refractivity (Wildman–Crippen MR) is 71.1 cm³/mol. The number of hydrogen-bond donors (Lipinski definition) is 1. The lowest BCUT2D eigenvalue weighted by molar-refractivity contribution is 0.726. The van der Waals surface area contributed by atoms with Gasteiger partial charge in [-0.25, -0.2) is 5.10 Å². The molecule has 4 nitrogen and oxygen atoms in total. The standard InChI is InChI=1S/C13H12ClN3O/c14-12-11(7-15-16-13(12)18)17-6-5-9-3-1-2-4-10(9)8-17/h1-4,7H,5-6,8H2,(H,16,18). The van der Waals surface area contributed by atoms with Crippen molar-refractivity contribution in [2.24, 2.45) is 0 Å². The third kappa shape index (κ3) is 1.88. The van der Waals surface area contributed by atoms with Gasteiger partial charge in [-0.2, -0.15) is 5.10 Å². The molecule has 5 heteroatoms. The first-order valence-corrected chi connectivity index (χ1v) is 6.18. The second-order valence-corrected chi connectivity index (χ2v) is 4.72. The van der Waals surface area contributed by atoms with E-state index >= 15 is 0 Å². The summed E-state index contributed by atoms with van der Waals surface area (Å²) in [7, 11) is 0. The second-order valence-electron chi connectivity index (χ2n) is 4.34. The van der Waals surface area contributed by atoms with Gasteiger partial charge in [-0.05, 0) is 17.5 Å². The summed E-state index contributed by atoms with van der Waals surface area (Å²) in [6, 6.07) is 8.33. The van der Waals surface area contributed by atoms with Crippen LogP contribution in [0.2, 0.25) is 5.02 Å². The van der Waals surface area contributed by atoms with E-state index < -0.39 is 0 Å². The van der Waals surface area contributed by atoms with Crippen LogP contribution in [0, 0.1) is 0 Å². The molecule has 2 aromatic rings. The van der Waals surface area contributed by atoms with Crippen molar-refractivity contribution in [1.82, 2.24) is 10.2 Å². The van der Waals surface area contributed by atoms with E-state index in [1.165, 1.54) is 11.1 Å². The van der Waals surface area contributed by atoms with E-state index in [9.17, 15) is 4.79 Å². The zero-order valence-corrected chi connectivity index (χ0v) is 10.4. The Hall–Kier alpha value is -1.81. The molecule has 2 heterocycles. The van der Waals surface area contributed by atoms with Gasteiger partial charge in [0.15, 0.2) is 0 Å². The summed E-state index contributed by atoms with van der Waals surface area (Å²) < 4.78 is 0. The summed E-state index contributed by atoms with van der Waals surface area (Å²) in [5.41, 5.74) is 3.01. The molecule has 0 aliphatic carbocycles. The van der Waals surface area contributed by atoms with Crippen LogP contribution in [0.5, 0.6) is 0 Å². The molecule has 0 amide bonds. The summed E-state index contributed by atoms with van der Waals surface area (Å²) in [5.74, 6) is 0. The molecular formula is C13H12ClN3O. The summed E-state index contributed by atoms with van der Waals surface area (Å²) in [6.45, 7) is 1.61. The number of nitrogens with zero attached hydrogens (tertiary/aromatic N) is 2. The van der Waals surface area contributed by atoms with Crippen molar-refractivity contribution in [3.05, 3.63) is 57.0 Å². The molecule has 1 aliphatic heterocycles. The highest BCUT2D eigenvalue weighted by atomic mass is 35.5. The van der Waals surface area contributed by atoms with Crippen LogP contribution < -0.4 is 10.5 Å². The van der Waals surface area contributed by atoms with E-state index in [1.807, 2.05) is 6.07 Å². The highest BCUT2D eigenvalue weighted by molar-refractivity contribution is 6.32. The fraction of sp³-hybridized carbons (Fsp3) is 0.231. The first-order chi connectivity index (χ1) is 8.75. The van der Waals surface area contributed by atoms with E-state index in [1.54, 1.807) is 6.20 Å². The van der Waals surface area contributed by atoms with Gasteiger partial charge in [0.1, 0.15) is 5.02 Å². The van der Waals surface area contributed by atoms with Gasteiger partial charge in [0, 0.05) is 13.1 Å². The third-order valence-electron chi connectivity index (χ3n) is 3.25. The number of aromatic nitrogens is 2. The van der Waals surface area contributed by atoms with Crippen LogP contribution in [-0.4, -0.2) is 16.7 Å². The van der Waals surface area contributed by atoms with Crippen LogP contribution in [0.3, 0.4) is 0 Å². The normalized spacial score (nSPS) is 14.4. The Bertz CT molecular complexity index is 638. The molecule has 0 saturated heterocycles. The average molecular weight is 262 g/mol. The molecule has 0 radical (unpaired) electrons. The Morgan fingerprint density at radius 3 is 2.89 bits per heavy atom. The molecule has 0 saturated carbocycles. The van der Waals surface area contributed by atoms with Crippen LogP contribution in [0.1, 0.15) is 11.1 Å². The van der Waals surface area contributed by atoms with Gasteiger partial charge in [0.05, 0.1) is 11.9 Å². The van der Waals surface area contributed by atoms with Crippen molar-refractivity contribution in [3.63, 3.8) is 0 Å². The van der Waals surface area contributed by atoms with Crippen LogP contribution in [0.25, 0.3) is 0 Å². The summed E-state index contributed by atoms with van der Waals surface area (Å²) in [6.07, 6.45) is 2.57. The molecule has 18 heavy (non-hydrogen) atoms. The maximum atomic E-state index is 11.5. The number of rotatable bonds is 1. The van der Waals surface area contributed by atoms with Crippen LogP contribution in [0.15, 0.2) is 35.3 Å². The van der Waals surface area contributed by atoms with Gasteiger partial charge in [-0.3, -0.25) is 4.79 Å². The van der Waals surface area contributed by atoms with E-state index in [0.29, 0.717) is 5.69 Å². The Labute approximate surface area is 109 Å². The highest BCUT2D eigenvalue weighted by Crippen LogP contribution is 2.27. The number of hydrogen-bond acceptors (Lipinski definition) is 3. The summed E-state index contributed by atoms with van der Waals surface area (Å²) in [4.78, 5) is 13.5. The van der Waals surface area contributed by atoms with E-state index in [2.05, 4.69) is 33.3 Å². The van der Waals surface area contributed by atoms with E-state index in [0.717, 1.165) is 19.5 Å². The fourth-order valence-corrected chi connectivity index (χ4v) is 2.51. The molecule has 0 fully saturated rings. The first kappa shape index (κ1) is 11.3. The van der Waals surface area contributed by atoms with Crippen molar-refractivity contribution in [3.8, 4) is 0 Å². The van der Waals surface area contributed by atoms with Gasteiger partial charge in [0.2, 0.25) is 0 Å². The molecule has 1 aromatic carbocycles. The lowest BCUT2D eigenvalue weighted by Crippen LogP contribution is -2.31. The molecule has 1 aliphatic rings. The number of H-pyrrole nitrogens is 1. The predicted octanol–water partition coefficient (Wildman–Crippen LogP) is 1.99. The number of halogens is 1. The minimum absolute atomic E-state index is 0.212. The number of nitrogens with one attached hydrogen (secondary N) is 1. The molecule has 92 valence electrons. The number of benzene rings is 1. The van der Waals surface area contributed by atoms with Crippen molar-refractivity contribution in [2.75, 3.05) is 11.4 Å². The second kappa shape index (κ2) is 4.46. The minimum Gasteiger partial charge on any atom is -0.364 e. The average Bonchev–Trinajstić information content (AvgIpc) is 2.41. The lowest BCUT2D eigenvalue weighted by atomic mass is 10.00. The van der Waals surface area contributed by atoms with Crippen LogP contribution in [-0.2, 0) is 13.0 Å². The quantitative estimate of drug-likeness (QED) is 0.854. The van der Waals surface area contributed by atoms with Crippen molar-refractivity contribution >= 4 is 17.3 Å². The number of aromatic amines is 1. The third-order valence-corrected chi connectivity index (χ3v) is 3.61. The molecule has 1 N–H and O–H groups in total. The SMILES string of the molecule is O=c1[nH]ncc(N2CCc3ccccc3C2)c1Cl. The zero-order chi connectivity index (χ0) is 12.5. The van der Waals surface area contributed by atoms with E-state index in [4.69, 9.17) is 11.6 Å². The number of fused-ring (bicyclic) bond motifs is 1. The van der Waals surface area contributed by atoms with Gasteiger partial charge >= 0.3 is 0 Å². The van der Waals surface area contributed by atoms with Gasteiger partial charge < -0.3 is 4.90 Å². The summed E-state index contributed by atoms with van der Waals surface area (Å²) >= 11 is 6.03. The van der Waals surface area contributed by atoms with E-state index in [-0.39, 0.29) is 10.6 Å². The monoisotopic (exact) mass is 261 g/mol. The maximum absolute atomic E-state index is 11.5. The molecular weight excluding hydrogens is 250 g/mol. The molecule has 3 rings (SSSR count). The smallest absolute Gasteiger partial charge is 0.285 e. The lowest BCUT2D eigenvalue weighted by Gasteiger charge is -2.30. The Morgan fingerprint density at radius 1 is 1.28 bits per heavy atom. The molecule has 0 bridgehead atoms. The topological polar surface area (TPSA) is 49.0 Å². The molecule has 0 unspecified atom stereocenters. The van der Waals surface area contributed by atoms with Gasteiger partial charge in [-0.15, -0.1) is 0 Å². The maximum Gasteiger partial charge on any atom is 0.285 e. The van der Waals surface area contributed by atoms with Crippen molar-refractivity contribution < 1.29 is 0 Å². The number of anilines is 1. The van der Waals surface area contributed by atoms with Crippen LogP contribution >= 0.6 is 11.6 Å². The Morgan fingerprint density at radius 2 is 2.06 bits per heavy atom. The van der Waals surface area contributed by atoms with Crippen molar-refractivity contribution in [2.45, 2.75) is 13.0 Å². The highest BCUT2D eigenvalue weighted by Gasteiger charge is 2.19. The minimum atomic E-state index is -0.340. The first-order valence-electron chi connectivity index (χ1n) is 5.80. The summed E-state index contributed by atoms with van der Waals surface area (Å²) in [5, 5.41) is 6.36. The molecule has 0 spiro atoms. The fourth-order valence-electron chi connectivity index (χ4n) is 2.30. The van der Waals surface area contributed by atoms with Crippen molar-refractivity contribution in [1.29, 1.82) is 0 Å². The van der Waals surface area contributed by atoms with Gasteiger partial charge in [-0.1, -0.05) is 35.9 Å². The molecule has 0 atom stereocenters. The Balaban J connectivity index is 1.97. The Kier molecular flexibility index (Phi) is 2.80. The van der Waals surface area contributed by atoms with Crippen LogP contribution in [0.4, 0.5) is 5.69 Å². The molecule has 1 aromatic heterocycles. The largest absolute Gasteiger partial charge is 0.364 e. The zero-order valence-electron chi connectivity index (χ0n) is 9.69. The van der Waals surface area contributed by atoms with Gasteiger partial charge in [0.25, 0.3) is 5.56 Å².